The van der Waals surface area contributed by atoms with E-state index < -0.39 is 0 Å². The van der Waals surface area contributed by atoms with Crippen LogP contribution < -0.4 is 10.6 Å². The molecule has 1 aliphatic rings. The van der Waals surface area contributed by atoms with Crippen molar-refractivity contribution in [2.24, 2.45) is 0 Å². The van der Waals surface area contributed by atoms with Gasteiger partial charge in [-0.15, -0.1) is 0 Å². The van der Waals surface area contributed by atoms with Crippen LogP contribution in [0, 0.1) is 6.92 Å². The molecular weight excluding hydrogens is 272 g/mol. The van der Waals surface area contributed by atoms with E-state index in [1.807, 2.05) is 38.1 Å². The highest BCUT2D eigenvalue weighted by atomic mass is 16.1. The van der Waals surface area contributed by atoms with Gasteiger partial charge in [0.05, 0.1) is 0 Å². The average molecular weight is 296 g/mol. The van der Waals surface area contributed by atoms with Gasteiger partial charge in [-0.3, -0.25) is 4.79 Å². The molecule has 3 heteroatoms. The summed E-state index contributed by atoms with van der Waals surface area (Å²) in [4.78, 5) is 12.3. The molecule has 0 saturated carbocycles. The minimum atomic E-state index is -0.103. The molecule has 2 N–H and O–H groups in total. The van der Waals surface area contributed by atoms with Crippen LogP contribution in [0.4, 0.5) is 0 Å². The summed E-state index contributed by atoms with van der Waals surface area (Å²) < 4.78 is 0. The van der Waals surface area contributed by atoms with Crippen molar-refractivity contribution in [3.8, 4) is 0 Å². The van der Waals surface area contributed by atoms with Crippen molar-refractivity contribution in [1.29, 1.82) is 0 Å². The van der Waals surface area contributed by atoms with E-state index in [1.54, 1.807) is 0 Å². The second-order valence-corrected chi connectivity index (χ2v) is 5.50. The molecule has 0 spiro atoms. The second kappa shape index (κ2) is 7.76. The summed E-state index contributed by atoms with van der Waals surface area (Å²) in [5.74, 6) is -0.103. The quantitative estimate of drug-likeness (QED) is 0.815. The van der Waals surface area contributed by atoms with E-state index in [2.05, 4.69) is 29.4 Å². The molecule has 0 unspecified atom stereocenters. The van der Waals surface area contributed by atoms with Gasteiger partial charge in [0.15, 0.2) is 0 Å². The van der Waals surface area contributed by atoms with E-state index in [0.717, 1.165) is 31.5 Å². The first-order valence-corrected chi connectivity index (χ1v) is 7.79. The minimum Gasteiger partial charge on any atom is -0.323 e. The summed E-state index contributed by atoms with van der Waals surface area (Å²) >= 11 is 0. The lowest BCUT2D eigenvalue weighted by Crippen LogP contribution is -2.22. The highest BCUT2D eigenvalue weighted by Gasteiger charge is 2.12. The SMILES string of the molecule is C=C(/C=C\CC)NC(=O)c1ccc(C2=CCNCC2)cc1C. The standard InChI is InChI=1S/C19H24N2O/c1-4-5-6-15(3)21-19(22)18-8-7-17(13-14(18)2)16-9-11-20-12-10-16/h5-9,13,20H,3-4,10-12H2,1-2H3,(H,21,22)/b6-5-. The van der Waals surface area contributed by atoms with E-state index in [1.165, 1.54) is 11.1 Å². The fraction of sp³-hybridized carbons (Fsp3) is 0.316. The molecule has 1 aromatic rings. The Bertz CT molecular complexity index is 626. The van der Waals surface area contributed by atoms with Gasteiger partial charge in [-0.25, -0.2) is 0 Å². The van der Waals surface area contributed by atoms with Gasteiger partial charge < -0.3 is 10.6 Å². The van der Waals surface area contributed by atoms with Crippen LogP contribution in [0.3, 0.4) is 0 Å². The predicted molar refractivity (Wildman–Crippen MR) is 92.7 cm³/mol. The molecule has 0 radical (unpaired) electrons. The zero-order valence-corrected chi connectivity index (χ0v) is 13.4. The third kappa shape index (κ3) is 4.18. The van der Waals surface area contributed by atoms with E-state index in [-0.39, 0.29) is 5.91 Å². The van der Waals surface area contributed by atoms with Gasteiger partial charge in [0.1, 0.15) is 0 Å². The monoisotopic (exact) mass is 296 g/mol. The van der Waals surface area contributed by atoms with Crippen LogP contribution in [0.2, 0.25) is 0 Å². The van der Waals surface area contributed by atoms with Gasteiger partial charge in [0.25, 0.3) is 5.91 Å². The third-order valence-corrected chi connectivity index (χ3v) is 3.73. The van der Waals surface area contributed by atoms with E-state index in [9.17, 15) is 4.79 Å². The van der Waals surface area contributed by atoms with Gasteiger partial charge in [-0.2, -0.15) is 0 Å². The van der Waals surface area contributed by atoms with Gasteiger partial charge in [-0.05, 0) is 55.2 Å². The van der Waals surface area contributed by atoms with Gasteiger partial charge in [0.2, 0.25) is 0 Å². The van der Waals surface area contributed by atoms with Crippen molar-refractivity contribution in [3.63, 3.8) is 0 Å². The molecule has 1 aliphatic heterocycles. The topological polar surface area (TPSA) is 41.1 Å². The Hall–Kier alpha value is -2.13. The van der Waals surface area contributed by atoms with Crippen LogP contribution in [0.15, 0.2) is 48.7 Å². The Morgan fingerprint density at radius 2 is 2.27 bits per heavy atom. The summed E-state index contributed by atoms with van der Waals surface area (Å²) in [6.45, 7) is 9.79. The number of carbonyl (C=O) groups is 1. The number of nitrogens with one attached hydrogen (secondary N) is 2. The Morgan fingerprint density at radius 1 is 1.45 bits per heavy atom. The maximum Gasteiger partial charge on any atom is 0.255 e. The number of carbonyl (C=O) groups excluding carboxylic acids is 1. The fourth-order valence-electron chi connectivity index (χ4n) is 2.52. The van der Waals surface area contributed by atoms with Gasteiger partial charge >= 0.3 is 0 Å². The van der Waals surface area contributed by atoms with Gasteiger partial charge in [-0.1, -0.05) is 37.8 Å². The number of amides is 1. The summed E-state index contributed by atoms with van der Waals surface area (Å²) in [6, 6.07) is 6.03. The molecule has 0 aromatic heterocycles. The van der Waals surface area contributed by atoms with E-state index >= 15 is 0 Å². The minimum absolute atomic E-state index is 0.103. The Kier molecular flexibility index (Phi) is 5.73. The highest BCUT2D eigenvalue weighted by molar-refractivity contribution is 5.97. The maximum atomic E-state index is 12.3. The Labute approximate surface area is 132 Å². The first kappa shape index (κ1) is 16.2. The number of benzene rings is 1. The number of hydrogen-bond acceptors (Lipinski definition) is 2. The molecule has 1 heterocycles. The van der Waals surface area contributed by atoms with Crippen LogP contribution in [-0.2, 0) is 0 Å². The van der Waals surface area contributed by atoms with E-state index in [0.29, 0.717) is 11.3 Å². The molecule has 0 atom stereocenters. The maximum absolute atomic E-state index is 12.3. The van der Waals surface area contributed by atoms with Crippen molar-refractivity contribution >= 4 is 11.5 Å². The lowest BCUT2D eigenvalue weighted by molar-refractivity contribution is 0.0966. The third-order valence-electron chi connectivity index (χ3n) is 3.73. The van der Waals surface area contributed by atoms with Crippen LogP contribution in [0.1, 0.15) is 41.3 Å². The van der Waals surface area contributed by atoms with Crippen LogP contribution in [0.5, 0.6) is 0 Å². The van der Waals surface area contributed by atoms with Crippen molar-refractivity contribution in [2.45, 2.75) is 26.7 Å². The lowest BCUT2D eigenvalue weighted by Gasteiger charge is -2.16. The normalized spacial score (nSPS) is 14.7. The Balaban J connectivity index is 2.12. The molecule has 22 heavy (non-hydrogen) atoms. The molecular formula is C19H24N2O. The predicted octanol–water partition coefficient (Wildman–Crippen LogP) is 3.58. The Morgan fingerprint density at radius 3 is 2.91 bits per heavy atom. The summed E-state index contributed by atoms with van der Waals surface area (Å²) in [5.41, 5.74) is 4.87. The number of aryl methyl sites for hydroxylation is 1. The van der Waals surface area contributed by atoms with E-state index in [4.69, 9.17) is 0 Å². The molecule has 0 bridgehead atoms. The molecule has 0 fully saturated rings. The largest absolute Gasteiger partial charge is 0.323 e. The second-order valence-electron chi connectivity index (χ2n) is 5.50. The average Bonchev–Trinajstić information content (AvgIpc) is 2.53. The van der Waals surface area contributed by atoms with Gasteiger partial charge in [0, 0.05) is 17.8 Å². The lowest BCUT2D eigenvalue weighted by atomic mass is 9.96. The van der Waals surface area contributed by atoms with Crippen molar-refractivity contribution in [2.75, 3.05) is 13.1 Å². The number of rotatable bonds is 5. The van der Waals surface area contributed by atoms with Crippen molar-refractivity contribution < 1.29 is 4.79 Å². The smallest absolute Gasteiger partial charge is 0.255 e. The molecule has 1 aromatic carbocycles. The van der Waals surface area contributed by atoms with Crippen LogP contribution >= 0.6 is 0 Å². The molecule has 1 amide bonds. The summed E-state index contributed by atoms with van der Waals surface area (Å²) in [5, 5.41) is 6.14. The zero-order chi connectivity index (χ0) is 15.9. The van der Waals surface area contributed by atoms with Crippen molar-refractivity contribution in [1.82, 2.24) is 10.6 Å². The summed E-state index contributed by atoms with van der Waals surface area (Å²) in [7, 11) is 0. The number of hydrogen-bond donors (Lipinski definition) is 2. The molecule has 0 saturated heterocycles. The zero-order valence-electron chi connectivity index (χ0n) is 13.4. The first-order valence-electron chi connectivity index (χ1n) is 7.79. The highest BCUT2D eigenvalue weighted by Crippen LogP contribution is 2.22. The van der Waals surface area contributed by atoms with Crippen molar-refractivity contribution in [3.05, 3.63) is 65.4 Å². The first-order chi connectivity index (χ1) is 10.6. The number of allylic oxidation sites excluding steroid dienone is 2. The molecule has 0 aliphatic carbocycles. The molecule has 2 rings (SSSR count). The fourth-order valence-corrected chi connectivity index (χ4v) is 2.52. The van der Waals surface area contributed by atoms with Crippen LogP contribution in [0.25, 0.3) is 5.57 Å². The summed E-state index contributed by atoms with van der Waals surface area (Å²) in [6.07, 6.45) is 7.98. The molecule has 116 valence electrons. The molecule has 3 nitrogen and oxygen atoms in total. The van der Waals surface area contributed by atoms with Crippen LogP contribution in [-0.4, -0.2) is 19.0 Å².